The first-order valence-electron chi connectivity index (χ1n) is 6.53. The van der Waals surface area contributed by atoms with Gasteiger partial charge in [0.1, 0.15) is 0 Å². The molecule has 104 valence electrons. The Hall–Kier alpha value is -0.940. The number of hydrogen-bond donors (Lipinski definition) is 1. The summed E-state index contributed by atoms with van der Waals surface area (Å²) in [5.41, 5.74) is 0. The number of halogens is 3. The average Bonchev–Trinajstić information content (AvgIpc) is 2.72. The van der Waals surface area contributed by atoms with Gasteiger partial charge >= 0.3 is 6.18 Å². The van der Waals surface area contributed by atoms with Crippen LogP contribution in [0.15, 0.2) is 4.99 Å². The molecule has 0 spiro atoms. The van der Waals surface area contributed by atoms with Gasteiger partial charge in [-0.15, -0.1) is 0 Å². The molecule has 0 aromatic carbocycles. The summed E-state index contributed by atoms with van der Waals surface area (Å²) in [5.74, 6) is 0.147. The van der Waals surface area contributed by atoms with Crippen molar-refractivity contribution >= 4 is 5.96 Å². The quantitative estimate of drug-likeness (QED) is 0.827. The fourth-order valence-electron chi connectivity index (χ4n) is 2.65. The number of hydrogen-bond acceptors (Lipinski definition) is 3. The van der Waals surface area contributed by atoms with Crippen molar-refractivity contribution in [3.63, 3.8) is 0 Å². The summed E-state index contributed by atoms with van der Waals surface area (Å²) in [6.07, 6.45) is -2.13. The van der Waals surface area contributed by atoms with Crippen LogP contribution in [0, 0.1) is 11.8 Å². The molecule has 0 bridgehead atoms. The number of aliphatic imine (C=N–C) groups is 1. The van der Waals surface area contributed by atoms with E-state index in [2.05, 4.69) is 10.3 Å². The molecule has 3 nitrogen and oxygen atoms in total. The minimum atomic E-state index is -4.01. The molecule has 0 atom stereocenters. The molecule has 2 aliphatic rings. The van der Waals surface area contributed by atoms with Crippen LogP contribution in [0.3, 0.4) is 0 Å². The summed E-state index contributed by atoms with van der Waals surface area (Å²) in [6.45, 7) is 2.47. The van der Waals surface area contributed by atoms with Crippen LogP contribution in [-0.4, -0.2) is 43.7 Å². The molecule has 1 fully saturated rings. The SMILES string of the molecule is CN1CCN=C1NCC1CCC(C(F)(F)F)CC1. The van der Waals surface area contributed by atoms with Gasteiger partial charge < -0.3 is 10.2 Å². The first kappa shape index (κ1) is 13.5. The molecule has 2 rings (SSSR count). The lowest BCUT2D eigenvalue weighted by molar-refractivity contribution is -0.183. The number of nitrogens with zero attached hydrogens (tertiary/aromatic N) is 2. The molecule has 0 amide bonds. The maximum Gasteiger partial charge on any atom is 0.391 e. The van der Waals surface area contributed by atoms with Crippen LogP contribution >= 0.6 is 0 Å². The zero-order valence-corrected chi connectivity index (χ0v) is 10.6. The van der Waals surface area contributed by atoms with Crippen LogP contribution in [0.2, 0.25) is 0 Å². The van der Waals surface area contributed by atoms with E-state index in [1.165, 1.54) is 0 Å². The van der Waals surface area contributed by atoms with Crippen LogP contribution in [0.5, 0.6) is 0 Å². The van der Waals surface area contributed by atoms with Gasteiger partial charge in [0, 0.05) is 20.1 Å². The lowest BCUT2D eigenvalue weighted by atomic mass is 9.81. The first-order valence-corrected chi connectivity index (χ1v) is 6.53. The molecule has 6 heteroatoms. The Morgan fingerprint density at radius 3 is 2.44 bits per heavy atom. The summed E-state index contributed by atoms with van der Waals surface area (Å²) < 4.78 is 37.5. The van der Waals surface area contributed by atoms with Gasteiger partial charge in [0.05, 0.1) is 12.5 Å². The highest BCUT2D eigenvalue weighted by atomic mass is 19.4. The van der Waals surface area contributed by atoms with E-state index in [0.717, 1.165) is 25.6 Å². The Kier molecular flexibility index (Phi) is 4.02. The van der Waals surface area contributed by atoms with Crippen LogP contribution in [0.25, 0.3) is 0 Å². The van der Waals surface area contributed by atoms with E-state index < -0.39 is 12.1 Å². The summed E-state index contributed by atoms with van der Waals surface area (Å²) >= 11 is 0. The predicted molar refractivity (Wildman–Crippen MR) is 64.4 cm³/mol. The molecule has 1 aliphatic heterocycles. The minimum Gasteiger partial charge on any atom is -0.356 e. The molecule has 0 saturated heterocycles. The number of likely N-dealkylation sites (N-methyl/N-ethyl adjacent to an activating group) is 1. The van der Waals surface area contributed by atoms with Crippen molar-refractivity contribution < 1.29 is 13.2 Å². The first-order chi connectivity index (χ1) is 8.47. The normalized spacial score (nSPS) is 29.3. The van der Waals surface area contributed by atoms with Crippen LogP contribution < -0.4 is 5.32 Å². The lowest BCUT2D eigenvalue weighted by Gasteiger charge is -2.30. The van der Waals surface area contributed by atoms with Crippen molar-refractivity contribution in [1.82, 2.24) is 10.2 Å². The van der Waals surface area contributed by atoms with E-state index in [1.54, 1.807) is 0 Å². The molecule has 0 aromatic rings. The van der Waals surface area contributed by atoms with Gasteiger partial charge in [-0.3, -0.25) is 4.99 Å². The van der Waals surface area contributed by atoms with Crippen molar-refractivity contribution in [3.8, 4) is 0 Å². The molecule has 0 aromatic heterocycles. The smallest absolute Gasteiger partial charge is 0.356 e. The highest BCUT2D eigenvalue weighted by molar-refractivity contribution is 5.81. The van der Waals surface area contributed by atoms with E-state index in [-0.39, 0.29) is 12.8 Å². The number of guanidine groups is 1. The van der Waals surface area contributed by atoms with E-state index in [9.17, 15) is 13.2 Å². The number of alkyl halides is 3. The monoisotopic (exact) mass is 263 g/mol. The number of rotatable bonds is 2. The zero-order chi connectivity index (χ0) is 13.2. The lowest BCUT2D eigenvalue weighted by Crippen LogP contribution is -2.39. The zero-order valence-electron chi connectivity index (χ0n) is 10.6. The van der Waals surface area contributed by atoms with Crippen molar-refractivity contribution in [2.45, 2.75) is 31.9 Å². The number of nitrogens with one attached hydrogen (secondary N) is 1. The topological polar surface area (TPSA) is 27.6 Å². The van der Waals surface area contributed by atoms with E-state index in [0.29, 0.717) is 18.8 Å². The fourth-order valence-corrected chi connectivity index (χ4v) is 2.65. The molecule has 1 N–H and O–H groups in total. The average molecular weight is 263 g/mol. The second kappa shape index (κ2) is 5.36. The van der Waals surface area contributed by atoms with Crippen molar-refractivity contribution in [2.75, 3.05) is 26.7 Å². The Morgan fingerprint density at radius 1 is 1.28 bits per heavy atom. The largest absolute Gasteiger partial charge is 0.391 e. The predicted octanol–water partition coefficient (Wildman–Crippen LogP) is 2.25. The van der Waals surface area contributed by atoms with Gasteiger partial charge in [-0.05, 0) is 31.6 Å². The Balaban J connectivity index is 1.71. The maximum atomic E-state index is 12.5. The third kappa shape index (κ3) is 3.29. The highest BCUT2D eigenvalue weighted by Crippen LogP contribution is 2.39. The standard InChI is InChI=1S/C12H20F3N3/c1-18-7-6-16-11(18)17-8-9-2-4-10(5-3-9)12(13,14)15/h9-10H,2-8H2,1H3,(H,16,17). The van der Waals surface area contributed by atoms with Crippen molar-refractivity contribution in [1.29, 1.82) is 0 Å². The van der Waals surface area contributed by atoms with Gasteiger partial charge in [0.25, 0.3) is 0 Å². The summed E-state index contributed by atoms with van der Waals surface area (Å²) in [4.78, 5) is 6.35. The van der Waals surface area contributed by atoms with Gasteiger partial charge in [-0.2, -0.15) is 13.2 Å². The third-order valence-electron chi connectivity index (χ3n) is 3.92. The fraction of sp³-hybridized carbons (Fsp3) is 0.917. The Morgan fingerprint density at radius 2 is 1.94 bits per heavy atom. The molecular formula is C12H20F3N3. The van der Waals surface area contributed by atoms with Crippen molar-refractivity contribution in [2.24, 2.45) is 16.8 Å². The van der Waals surface area contributed by atoms with Crippen LogP contribution in [0.4, 0.5) is 13.2 Å². The Labute approximate surface area is 105 Å². The van der Waals surface area contributed by atoms with Crippen molar-refractivity contribution in [3.05, 3.63) is 0 Å². The second-order valence-electron chi connectivity index (χ2n) is 5.27. The van der Waals surface area contributed by atoms with Crippen LogP contribution in [-0.2, 0) is 0 Å². The van der Waals surface area contributed by atoms with E-state index in [4.69, 9.17) is 0 Å². The third-order valence-corrected chi connectivity index (χ3v) is 3.92. The van der Waals surface area contributed by atoms with Gasteiger partial charge in [0.2, 0.25) is 0 Å². The molecule has 1 heterocycles. The van der Waals surface area contributed by atoms with Gasteiger partial charge in [-0.25, -0.2) is 0 Å². The van der Waals surface area contributed by atoms with Crippen LogP contribution in [0.1, 0.15) is 25.7 Å². The summed E-state index contributed by atoms with van der Waals surface area (Å²) in [7, 11) is 1.97. The summed E-state index contributed by atoms with van der Waals surface area (Å²) in [6, 6.07) is 0. The molecule has 0 radical (unpaired) electrons. The molecule has 1 aliphatic carbocycles. The Bertz CT molecular complexity index is 306. The molecule has 0 unspecified atom stereocenters. The molecule has 18 heavy (non-hydrogen) atoms. The second-order valence-corrected chi connectivity index (χ2v) is 5.27. The van der Waals surface area contributed by atoms with Gasteiger partial charge in [0.15, 0.2) is 5.96 Å². The highest BCUT2D eigenvalue weighted by Gasteiger charge is 2.41. The van der Waals surface area contributed by atoms with Gasteiger partial charge in [-0.1, -0.05) is 0 Å². The molecule has 1 saturated carbocycles. The molecular weight excluding hydrogens is 243 g/mol. The maximum absolute atomic E-state index is 12.5. The summed E-state index contributed by atoms with van der Waals surface area (Å²) in [5, 5.41) is 3.25. The van der Waals surface area contributed by atoms with E-state index in [1.807, 2.05) is 11.9 Å². The van der Waals surface area contributed by atoms with E-state index >= 15 is 0 Å². The minimum absolute atomic E-state index is 0.276.